The van der Waals surface area contributed by atoms with Crippen LogP contribution in [0.1, 0.15) is 44.7 Å². The molecule has 1 amide bonds. The number of aliphatic hydroxyl groups excluding tert-OH is 1. The van der Waals surface area contributed by atoms with Gasteiger partial charge < -0.3 is 19.9 Å². The van der Waals surface area contributed by atoms with Gasteiger partial charge in [0.15, 0.2) is 5.82 Å². The van der Waals surface area contributed by atoms with Gasteiger partial charge in [-0.1, -0.05) is 20.8 Å². The summed E-state index contributed by atoms with van der Waals surface area (Å²) in [7, 11) is 3.63. The first-order valence-electron chi connectivity index (χ1n) is 14.3. The topological polar surface area (TPSA) is 122 Å². The molecule has 1 spiro atoms. The summed E-state index contributed by atoms with van der Waals surface area (Å²) < 4.78 is 17.6. The number of aryl methyl sites for hydroxylation is 1. The first kappa shape index (κ1) is 28.9. The third-order valence-corrected chi connectivity index (χ3v) is 8.93. The zero-order valence-corrected chi connectivity index (χ0v) is 24.9. The SMILES string of the molecule is CN1CC[C@@]2(C[C@@H]2C(=O)Nc2cc(-c3ccnc(-n4ncc5cc(C(C)(C)C)cc(F)c5c4=O)c3CO)cn(C)c2=O)C1. The molecule has 2 aliphatic rings. The third kappa shape index (κ3) is 4.96. The molecule has 0 unspecified atom stereocenters. The number of fused-ring (bicyclic) bond motifs is 1. The largest absolute Gasteiger partial charge is 0.392 e. The predicted octanol–water partition coefficient (Wildman–Crippen LogP) is 3.36. The summed E-state index contributed by atoms with van der Waals surface area (Å²) in [5.74, 6) is -0.940. The van der Waals surface area contributed by atoms with E-state index in [1.165, 1.54) is 23.0 Å². The lowest BCUT2D eigenvalue weighted by molar-refractivity contribution is -0.118. The minimum absolute atomic E-state index is 0.0142. The fourth-order valence-electron chi connectivity index (χ4n) is 6.35. The minimum atomic E-state index is -0.709. The summed E-state index contributed by atoms with van der Waals surface area (Å²) in [6.45, 7) is 7.18. The van der Waals surface area contributed by atoms with Gasteiger partial charge in [0.2, 0.25) is 5.91 Å². The quantitative estimate of drug-likeness (QED) is 0.368. The molecule has 1 aliphatic heterocycles. The van der Waals surface area contributed by atoms with E-state index in [2.05, 4.69) is 20.3 Å². The summed E-state index contributed by atoms with van der Waals surface area (Å²) in [5.41, 5.74) is 0.699. The highest BCUT2D eigenvalue weighted by molar-refractivity contribution is 5.95. The van der Waals surface area contributed by atoms with Gasteiger partial charge in [0.25, 0.3) is 11.1 Å². The number of hydrogen-bond acceptors (Lipinski definition) is 7. The molecule has 10 nitrogen and oxygen atoms in total. The number of halogens is 1. The molecule has 2 N–H and O–H groups in total. The average molecular weight is 587 g/mol. The minimum Gasteiger partial charge on any atom is -0.392 e. The average Bonchev–Trinajstić information content (AvgIpc) is 3.53. The number of likely N-dealkylation sites (tertiary alicyclic amines) is 1. The van der Waals surface area contributed by atoms with Crippen LogP contribution in [0.4, 0.5) is 10.1 Å². The van der Waals surface area contributed by atoms with Crippen molar-refractivity contribution in [2.24, 2.45) is 18.4 Å². The lowest BCUT2D eigenvalue weighted by Crippen LogP contribution is -2.27. The molecule has 1 saturated carbocycles. The second-order valence-electron chi connectivity index (χ2n) is 13.0. The maximum Gasteiger partial charge on any atom is 0.283 e. The zero-order valence-electron chi connectivity index (χ0n) is 24.9. The van der Waals surface area contributed by atoms with Crippen LogP contribution in [0.5, 0.6) is 0 Å². The molecule has 0 radical (unpaired) electrons. The van der Waals surface area contributed by atoms with Crippen molar-refractivity contribution >= 4 is 22.4 Å². The highest BCUT2D eigenvalue weighted by Crippen LogP contribution is 2.58. The molecule has 1 aromatic carbocycles. The molecule has 6 rings (SSSR count). The van der Waals surface area contributed by atoms with Crippen LogP contribution in [0, 0.1) is 17.2 Å². The Balaban J connectivity index is 1.39. The van der Waals surface area contributed by atoms with E-state index in [-0.39, 0.29) is 50.7 Å². The third-order valence-electron chi connectivity index (χ3n) is 8.93. The van der Waals surface area contributed by atoms with Crippen molar-refractivity contribution in [2.45, 2.75) is 45.6 Å². The van der Waals surface area contributed by atoms with Gasteiger partial charge in [0, 0.05) is 48.4 Å². The van der Waals surface area contributed by atoms with Crippen molar-refractivity contribution in [3.63, 3.8) is 0 Å². The van der Waals surface area contributed by atoms with Gasteiger partial charge in [-0.2, -0.15) is 9.78 Å². The Morgan fingerprint density at radius 3 is 2.63 bits per heavy atom. The van der Waals surface area contributed by atoms with E-state index < -0.39 is 18.0 Å². The van der Waals surface area contributed by atoms with Gasteiger partial charge in [-0.05, 0) is 72.7 Å². The van der Waals surface area contributed by atoms with Crippen LogP contribution in [-0.4, -0.2) is 55.4 Å². The van der Waals surface area contributed by atoms with Crippen molar-refractivity contribution in [3.05, 3.63) is 80.5 Å². The molecule has 11 heteroatoms. The van der Waals surface area contributed by atoms with Gasteiger partial charge in [-0.25, -0.2) is 9.37 Å². The fraction of sp³-hybridized carbons (Fsp3) is 0.406. The molecule has 2 fully saturated rings. The predicted molar refractivity (Wildman–Crippen MR) is 162 cm³/mol. The fourth-order valence-corrected chi connectivity index (χ4v) is 6.35. The maximum atomic E-state index is 15.3. The van der Waals surface area contributed by atoms with Crippen molar-refractivity contribution in [1.29, 1.82) is 0 Å². The molecular formula is C32H35FN6O4. The number of aromatic nitrogens is 4. The Hall–Kier alpha value is -4.22. The summed E-state index contributed by atoms with van der Waals surface area (Å²) in [5, 5.41) is 17.8. The van der Waals surface area contributed by atoms with Crippen LogP contribution in [0.15, 0.2) is 52.4 Å². The Kier molecular flexibility index (Phi) is 6.85. The van der Waals surface area contributed by atoms with E-state index in [0.717, 1.165) is 36.2 Å². The molecular weight excluding hydrogens is 551 g/mol. The Bertz CT molecular complexity index is 1910. The monoisotopic (exact) mass is 586 g/mol. The molecule has 2 atom stereocenters. The number of nitrogens with one attached hydrogen (secondary N) is 1. The molecule has 4 heterocycles. The lowest BCUT2D eigenvalue weighted by atomic mass is 9.86. The van der Waals surface area contributed by atoms with E-state index in [1.807, 2.05) is 27.8 Å². The number of benzene rings is 1. The smallest absolute Gasteiger partial charge is 0.283 e. The van der Waals surface area contributed by atoms with Gasteiger partial charge >= 0.3 is 0 Å². The van der Waals surface area contributed by atoms with Gasteiger partial charge in [0.05, 0.1) is 18.2 Å². The standard InChI is InChI=1S/C32H35FN6O4/c1-31(2,3)20-10-18-14-35-39(30(43)26(18)24(33)12-20)27-22(16-40)21(6-8-34-27)19-11-25(29(42)38(5)15-19)36-28(41)23-13-32(23)7-9-37(4)17-32/h6,8,10-12,14-15,23,40H,7,9,13,16-17H2,1-5H3,(H,36,41)/t23-,32-/m1/s1. The summed E-state index contributed by atoms with van der Waals surface area (Å²) in [6.07, 6.45) is 6.22. The lowest BCUT2D eigenvalue weighted by Gasteiger charge is -2.20. The van der Waals surface area contributed by atoms with E-state index in [4.69, 9.17) is 0 Å². The number of pyridine rings is 2. The second-order valence-corrected chi connectivity index (χ2v) is 13.0. The molecule has 43 heavy (non-hydrogen) atoms. The molecule has 1 aliphatic carbocycles. The first-order valence-corrected chi connectivity index (χ1v) is 14.3. The van der Waals surface area contributed by atoms with Crippen molar-refractivity contribution < 1.29 is 14.3 Å². The number of aliphatic hydroxyl groups is 1. The number of nitrogens with zero attached hydrogens (tertiary/aromatic N) is 5. The van der Waals surface area contributed by atoms with E-state index >= 15 is 4.39 Å². The highest BCUT2D eigenvalue weighted by atomic mass is 19.1. The van der Waals surface area contributed by atoms with Gasteiger partial charge in [-0.15, -0.1) is 0 Å². The number of rotatable bonds is 5. The van der Waals surface area contributed by atoms with E-state index in [1.54, 1.807) is 31.4 Å². The Morgan fingerprint density at radius 1 is 1.19 bits per heavy atom. The molecule has 4 aromatic rings. The van der Waals surface area contributed by atoms with E-state index in [0.29, 0.717) is 16.5 Å². The van der Waals surface area contributed by atoms with Crippen LogP contribution in [0.2, 0.25) is 0 Å². The van der Waals surface area contributed by atoms with Crippen LogP contribution >= 0.6 is 0 Å². The maximum absolute atomic E-state index is 15.3. The van der Waals surface area contributed by atoms with Crippen LogP contribution in [-0.2, 0) is 23.9 Å². The van der Waals surface area contributed by atoms with Gasteiger partial charge in [-0.3, -0.25) is 14.4 Å². The van der Waals surface area contributed by atoms with Gasteiger partial charge in [0.1, 0.15) is 11.5 Å². The van der Waals surface area contributed by atoms with Crippen LogP contribution < -0.4 is 16.4 Å². The molecule has 3 aromatic heterocycles. The van der Waals surface area contributed by atoms with Crippen LogP contribution in [0.3, 0.4) is 0 Å². The number of anilines is 1. The zero-order chi connectivity index (χ0) is 30.8. The summed E-state index contributed by atoms with van der Waals surface area (Å²) >= 11 is 0. The number of carbonyl (C=O) groups excluding carboxylic acids is 1. The van der Waals surface area contributed by atoms with Crippen molar-refractivity contribution in [3.8, 4) is 16.9 Å². The molecule has 1 saturated heterocycles. The number of amides is 1. The molecule has 224 valence electrons. The van der Waals surface area contributed by atoms with Crippen molar-refractivity contribution in [1.82, 2.24) is 24.2 Å². The Labute approximate surface area is 247 Å². The highest BCUT2D eigenvalue weighted by Gasteiger charge is 2.60. The first-order chi connectivity index (χ1) is 20.3. The van der Waals surface area contributed by atoms with Crippen molar-refractivity contribution in [2.75, 3.05) is 25.5 Å². The van der Waals surface area contributed by atoms with Crippen LogP contribution in [0.25, 0.3) is 27.7 Å². The summed E-state index contributed by atoms with van der Waals surface area (Å²) in [4.78, 5) is 46.3. The number of hydrogen-bond donors (Lipinski definition) is 2. The molecule has 0 bridgehead atoms. The summed E-state index contributed by atoms with van der Waals surface area (Å²) in [6, 6.07) is 6.33. The number of carbonyl (C=O) groups is 1. The van der Waals surface area contributed by atoms with E-state index in [9.17, 15) is 19.5 Å². The normalized spacial score (nSPS) is 20.2. The Morgan fingerprint density at radius 2 is 1.95 bits per heavy atom. The second kappa shape index (κ2) is 10.2.